The second kappa shape index (κ2) is 5.01. The van der Waals surface area contributed by atoms with E-state index in [-0.39, 0.29) is 30.3 Å². The monoisotopic (exact) mass is 241 g/mol. The molecule has 0 aliphatic carbocycles. The Morgan fingerprint density at radius 1 is 1.71 bits per heavy atom. The van der Waals surface area contributed by atoms with Crippen molar-refractivity contribution in [2.24, 2.45) is 11.7 Å². The molecule has 6 heteroatoms. The molecule has 2 rings (SSSR count). The maximum absolute atomic E-state index is 12.2. The number of nitrogens with one attached hydrogen (secondary N) is 1. The van der Waals surface area contributed by atoms with Crippen LogP contribution in [-0.2, 0) is 14.3 Å². The number of hydrogen-bond donors (Lipinski definition) is 2. The number of nitrogens with two attached hydrogens (primary N) is 1. The van der Waals surface area contributed by atoms with E-state index in [1.54, 1.807) is 4.90 Å². The lowest BCUT2D eigenvalue weighted by Gasteiger charge is -2.37. The minimum absolute atomic E-state index is 0.0204. The van der Waals surface area contributed by atoms with Crippen molar-refractivity contribution in [3.8, 4) is 0 Å². The van der Waals surface area contributed by atoms with Gasteiger partial charge in [-0.05, 0) is 12.8 Å². The molecule has 2 aliphatic heterocycles. The van der Waals surface area contributed by atoms with Gasteiger partial charge in [0.25, 0.3) is 5.91 Å². The fourth-order valence-electron chi connectivity index (χ4n) is 2.71. The number of amides is 2. The molecule has 3 atom stereocenters. The number of piperidine rings is 1. The van der Waals surface area contributed by atoms with Crippen LogP contribution in [0, 0.1) is 5.92 Å². The van der Waals surface area contributed by atoms with Crippen molar-refractivity contribution in [2.45, 2.75) is 25.0 Å². The zero-order valence-corrected chi connectivity index (χ0v) is 10.0. The fourth-order valence-corrected chi connectivity index (χ4v) is 2.71. The molecule has 0 saturated carbocycles. The molecule has 2 heterocycles. The Kier molecular flexibility index (Phi) is 3.63. The van der Waals surface area contributed by atoms with Gasteiger partial charge in [0.05, 0.1) is 12.0 Å². The second-order valence-electron chi connectivity index (χ2n) is 4.55. The van der Waals surface area contributed by atoms with E-state index in [1.807, 2.05) is 0 Å². The van der Waals surface area contributed by atoms with Crippen LogP contribution in [0.5, 0.6) is 0 Å². The molecule has 0 radical (unpaired) electrons. The predicted molar refractivity (Wildman–Crippen MR) is 61.1 cm³/mol. The van der Waals surface area contributed by atoms with Gasteiger partial charge in [-0.2, -0.15) is 0 Å². The summed E-state index contributed by atoms with van der Waals surface area (Å²) >= 11 is 0. The van der Waals surface area contributed by atoms with E-state index in [2.05, 4.69) is 5.32 Å². The van der Waals surface area contributed by atoms with Crippen molar-refractivity contribution in [1.82, 2.24) is 10.2 Å². The molecular formula is C11H19N3O3. The highest BCUT2D eigenvalue weighted by molar-refractivity contribution is 5.86. The van der Waals surface area contributed by atoms with Crippen LogP contribution >= 0.6 is 0 Å². The van der Waals surface area contributed by atoms with E-state index in [9.17, 15) is 9.59 Å². The Balaban J connectivity index is 2.10. The zero-order chi connectivity index (χ0) is 12.4. The Labute approximate surface area is 100 Å². The Morgan fingerprint density at radius 2 is 2.47 bits per heavy atom. The van der Waals surface area contributed by atoms with E-state index in [4.69, 9.17) is 10.5 Å². The first-order valence-corrected chi connectivity index (χ1v) is 6.00. The minimum Gasteiger partial charge on any atom is -0.370 e. The van der Waals surface area contributed by atoms with E-state index < -0.39 is 6.10 Å². The van der Waals surface area contributed by atoms with Gasteiger partial charge in [-0.1, -0.05) is 0 Å². The molecule has 0 spiro atoms. The SMILES string of the molecule is COC(CN)C(=O)N1CCCC2C(=O)NCC21. The summed E-state index contributed by atoms with van der Waals surface area (Å²) in [5.41, 5.74) is 5.50. The van der Waals surface area contributed by atoms with Crippen LogP contribution in [0.4, 0.5) is 0 Å². The molecule has 6 nitrogen and oxygen atoms in total. The first-order valence-electron chi connectivity index (χ1n) is 6.00. The van der Waals surface area contributed by atoms with Gasteiger partial charge in [0, 0.05) is 26.7 Å². The van der Waals surface area contributed by atoms with Gasteiger partial charge >= 0.3 is 0 Å². The molecule has 17 heavy (non-hydrogen) atoms. The van der Waals surface area contributed by atoms with Crippen molar-refractivity contribution in [1.29, 1.82) is 0 Å². The summed E-state index contributed by atoms with van der Waals surface area (Å²) in [7, 11) is 1.48. The van der Waals surface area contributed by atoms with Gasteiger partial charge in [0.15, 0.2) is 0 Å². The topological polar surface area (TPSA) is 84.7 Å². The molecule has 3 N–H and O–H groups in total. The highest BCUT2D eigenvalue weighted by Crippen LogP contribution is 2.27. The molecule has 96 valence electrons. The third kappa shape index (κ3) is 2.14. The second-order valence-corrected chi connectivity index (χ2v) is 4.55. The van der Waals surface area contributed by atoms with Crippen LogP contribution in [-0.4, -0.2) is 55.6 Å². The van der Waals surface area contributed by atoms with Crippen LogP contribution < -0.4 is 11.1 Å². The van der Waals surface area contributed by atoms with Crippen molar-refractivity contribution in [3.63, 3.8) is 0 Å². The number of nitrogens with zero attached hydrogens (tertiary/aromatic N) is 1. The van der Waals surface area contributed by atoms with Gasteiger partial charge in [0.2, 0.25) is 5.91 Å². The smallest absolute Gasteiger partial charge is 0.253 e. The largest absolute Gasteiger partial charge is 0.370 e. The van der Waals surface area contributed by atoms with Gasteiger partial charge in [-0.25, -0.2) is 0 Å². The molecule has 2 aliphatic rings. The lowest BCUT2D eigenvalue weighted by atomic mass is 9.91. The molecule has 2 amide bonds. The third-order valence-electron chi connectivity index (χ3n) is 3.66. The lowest BCUT2D eigenvalue weighted by molar-refractivity contribution is -0.146. The van der Waals surface area contributed by atoms with Gasteiger partial charge in [0.1, 0.15) is 6.10 Å². The number of fused-ring (bicyclic) bond motifs is 1. The quantitative estimate of drug-likeness (QED) is 0.643. The molecular weight excluding hydrogens is 222 g/mol. The van der Waals surface area contributed by atoms with Gasteiger partial charge < -0.3 is 20.7 Å². The number of hydrogen-bond acceptors (Lipinski definition) is 4. The highest BCUT2D eigenvalue weighted by atomic mass is 16.5. The maximum atomic E-state index is 12.2. The Hall–Kier alpha value is -1.14. The van der Waals surface area contributed by atoms with Gasteiger partial charge in [-0.15, -0.1) is 0 Å². The first-order chi connectivity index (χ1) is 8.19. The van der Waals surface area contributed by atoms with Crippen LogP contribution in [0.15, 0.2) is 0 Å². The Morgan fingerprint density at radius 3 is 3.12 bits per heavy atom. The zero-order valence-electron chi connectivity index (χ0n) is 10.0. The molecule has 2 saturated heterocycles. The molecule has 0 aromatic heterocycles. The van der Waals surface area contributed by atoms with E-state index in [1.165, 1.54) is 7.11 Å². The van der Waals surface area contributed by atoms with Crippen LogP contribution in [0.3, 0.4) is 0 Å². The van der Waals surface area contributed by atoms with Crippen molar-refractivity contribution in [3.05, 3.63) is 0 Å². The van der Waals surface area contributed by atoms with E-state index in [0.29, 0.717) is 13.1 Å². The highest BCUT2D eigenvalue weighted by Gasteiger charge is 2.43. The predicted octanol–water partition coefficient (Wildman–Crippen LogP) is -1.30. The van der Waals surface area contributed by atoms with Crippen LogP contribution in [0.25, 0.3) is 0 Å². The van der Waals surface area contributed by atoms with Crippen molar-refractivity contribution < 1.29 is 14.3 Å². The molecule has 3 unspecified atom stereocenters. The van der Waals surface area contributed by atoms with Crippen LogP contribution in [0.2, 0.25) is 0 Å². The third-order valence-corrected chi connectivity index (χ3v) is 3.66. The van der Waals surface area contributed by atoms with Crippen LogP contribution in [0.1, 0.15) is 12.8 Å². The van der Waals surface area contributed by atoms with E-state index in [0.717, 1.165) is 12.8 Å². The standard InChI is InChI=1S/C11H19N3O3/c1-17-9(5-12)11(16)14-4-2-3-7-8(14)6-13-10(7)15/h7-9H,2-6,12H2,1H3,(H,13,15). The number of rotatable bonds is 3. The minimum atomic E-state index is -0.593. The maximum Gasteiger partial charge on any atom is 0.253 e. The molecule has 0 aromatic rings. The number of carbonyl (C=O) groups excluding carboxylic acids is 2. The summed E-state index contributed by atoms with van der Waals surface area (Å²) < 4.78 is 5.07. The molecule has 2 fully saturated rings. The summed E-state index contributed by atoms with van der Waals surface area (Å²) in [5, 5.41) is 2.82. The van der Waals surface area contributed by atoms with Crippen molar-refractivity contribution >= 4 is 11.8 Å². The summed E-state index contributed by atoms with van der Waals surface area (Å²) in [5.74, 6) is -0.0848. The summed E-state index contributed by atoms with van der Waals surface area (Å²) in [6.07, 6.45) is 1.13. The number of ether oxygens (including phenoxy) is 1. The van der Waals surface area contributed by atoms with Crippen molar-refractivity contribution in [2.75, 3.05) is 26.7 Å². The summed E-state index contributed by atoms with van der Waals surface area (Å²) in [6.45, 7) is 1.41. The molecule has 0 aromatic carbocycles. The first kappa shape index (κ1) is 12.3. The molecule has 0 bridgehead atoms. The Bertz CT molecular complexity index is 317. The number of carbonyl (C=O) groups is 2. The van der Waals surface area contributed by atoms with E-state index >= 15 is 0 Å². The number of likely N-dealkylation sites (tertiary alicyclic amines) is 1. The normalized spacial score (nSPS) is 29.8. The lowest BCUT2D eigenvalue weighted by Crippen LogP contribution is -2.53. The van der Waals surface area contributed by atoms with Gasteiger partial charge in [-0.3, -0.25) is 9.59 Å². The summed E-state index contributed by atoms with van der Waals surface area (Å²) in [4.78, 5) is 25.5. The average Bonchev–Trinajstić information content (AvgIpc) is 2.73. The average molecular weight is 241 g/mol. The number of methoxy groups -OCH3 is 1. The summed E-state index contributed by atoms with van der Waals surface area (Å²) in [6, 6.07) is -0.0204. The fraction of sp³-hybridized carbons (Fsp3) is 0.818.